The number of nitrogens with zero attached hydrogens (tertiary/aromatic N) is 2. The molecule has 172 valence electrons. The van der Waals surface area contributed by atoms with E-state index in [1.807, 2.05) is 12.1 Å². The van der Waals surface area contributed by atoms with Gasteiger partial charge in [0.15, 0.2) is 23.0 Å². The average Bonchev–Trinajstić information content (AvgIpc) is 3.49. The molecule has 2 aromatic rings. The monoisotopic (exact) mass is 438 g/mol. The molecule has 0 aliphatic carbocycles. The number of aryl methyl sites for hydroxylation is 2. The zero-order chi connectivity index (χ0) is 21.9. The Morgan fingerprint density at radius 1 is 0.625 bits per heavy atom. The van der Waals surface area contributed by atoms with Crippen molar-refractivity contribution in [3.05, 3.63) is 47.5 Å². The van der Waals surface area contributed by atoms with Crippen molar-refractivity contribution >= 4 is 0 Å². The molecule has 1 fully saturated rings. The number of ether oxygens (including phenoxy) is 4. The number of hydrogen-bond donors (Lipinski definition) is 0. The van der Waals surface area contributed by atoms with Crippen LogP contribution in [0, 0.1) is 0 Å². The maximum atomic E-state index is 5.51. The highest BCUT2D eigenvalue weighted by atomic mass is 16.7. The second kappa shape index (κ2) is 9.59. The summed E-state index contributed by atoms with van der Waals surface area (Å²) in [5.41, 5.74) is 2.66. The number of rotatable bonds is 8. The molecule has 3 aliphatic heterocycles. The van der Waals surface area contributed by atoms with Gasteiger partial charge in [-0.05, 0) is 74.9 Å². The summed E-state index contributed by atoms with van der Waals surface area (Å²) in [6.45, 7) is 10.0. The van der Waals surface area contributed by atoms with Crippen molar-refractivity contribution in [2.45, 2.75) is 51.6 Å². The van der Waals surface area contributed by atoms with Crippen molar-refractivity contribution in [1.82, 2.24) is 9.80 Å². The second-order valence-corrected chi connectivity index (χ2v) is 9.22. The molecule has 0 spiro atoms. The predicted molar refractivity (Wildman–Crippen MR) is 124 cm³/mol. The Kier molecular flexibility index (Phi) is 6.42. The quantitative estimate of drug-likeness (QED) is 0.618. The third-order valence-electron chi connectivity index (χ3n) is 7.17. The minimum Gasteiger partial charge on any atom is -0.454 e. The summed E-state index contributed by atoms with van der Waals surface area (Å²) in [4.78, 5) is 5.29. The lowest BCUT2D eigenvalue weighted by atomic mass is 10.0. The summed E-state index contributed by atoms with van der Waals surface area (Å²) in [5.74, 6) is 3.51. The van der Waals surface area contributed by atoms with E-state index in [1.165, 1.54) is 24.0 Å². The molecule has 0 saturated carbocycles. The summed E-state index contributed by atoms with van der Waals surface area (Å²) in [7, 11) is 0. The zero-order valence-electron chi connectivity index (χ0n) is 19.2. The highest BCUT2D eigenvalue weighted by Crippen LogP contribution is 2.34. The van der Waals surface area contributed by atoms with Crippen LogP contribution in [0.15, 0.2) is 36.4 Å². The fourth-order valence-corrected chi connectivity index (χ4v) is 4.93. The minimum absolute atomic E-state index is 0.342. The van der Waals surface area contributed by atoms with Crippen LogP contribution in [0.2, 0.25) is 0 Å². The van der Waals surface area contributed by atoms with E-state index in [9.17, 15) is 0 Å². The van der Waals surface area contributed by atoms with E-state index in [2.05, 4.69) is 47.9 Å². The first-order valence-electron chi connectivity index (χ1n) is 11.9. The number of benzene rings is 2. The van der Waals surface area contributed by atoms with Crippen LogP contribution < -0.4 is 18.9 Å². The molecule has 3 heterocycles. The van der Waals surface area contributed by atoms with Gasteiger partial charge in [0.25, 0.3) is 0 Å². The average molecular weight is 439 g/mol. The Morgan fingerprint density at radius 2 is 1.03 bits per heavy atom. The fourth-order valence-electron chi connectivity index (χ4n) is 4.93. The molecule has 0 radical (unpaired) electrons. The van der Waals surface area contributed by atoms with E-state index < -0.39 is 0 Å². The van der Waals surface area contributed by atoms with Gasteiger partial charge in [-0.15, -0.1) is 0 Å². The maximum Gasteiger partial charge on any atom is 0.231 e. The highest BCUT2D eigenvalue weighted by Gasteiger charge is 2.24. The van der Waals surface area contributed by atoms with Gasteiger partial charge in [-0.1, -0.05) is 12.1 Å². The van der Waals surface area contributed by atoms with Gasteiger partial charge >= 0.3 is 0 Å². The molecule has 6 nitrogen and oxygen atoms in total. The van der Waals surface area contributed by atoms with E-state index in [0.29, 0.717) is 25.7 Å². The normalized spacial score (nSPS) is 19.8. The van der Waals surface area contributed by atoms with Crippen molar-refractivity contribution in [3.8, 4) is 23.0 Å². The van der Waals surface area contributed by atoms with E-state index in [0.717, 1.165) is 62.0 Å². The third kappa shape index (κ3) is 4.81. The Morgan fingerprint density at radius 3 is 1.47 bits per heavy atom. The summed E-state index contributed by atoms with van der Waals surface area (Å²) < 4.78 is 21.9. The molecular weight excluding hydrogens is 404 g/mol. The van der Waals surface area contributed by atoms with Gasteiger partial charge < -0.3 is 18.9 Å². The summed E-state index contributed by atoms with van der Waals surface area (Å²) in [5, 5.41) is 0. The third-order valence-corrected chi connectivity index (χ3v) is 7.17. The molecule has 0 amide bonds. The SMILES string of the molecule is CC(CCc1ccc2c(c1)OCO2)N1CCN(C(C)CCc2ccc3c(c2)OCO3)CC1. The molecule has 1 saturated heterocycles. The first-order valence-corrected chi connectivity index (χ1v) is 11.9. The van der Waals surface area contributed by atoms with E-state index in [4.69, 9.17) is 18.9 Å². The van der Waals surface area contributed by atoms with Crippen molar-refractivity contribution in [1.29, 1.82) is 0 Å². The largest absolute Gasteiger partial charge is 0.454 e. The predicted octanol–water partition coefficient (Wildman–Crippen LogP) is 4.10. The van der Waals surface area contributed by atoms with Crippen LogP contribution in [0.1, 0.15) is 37.8 Å². The van der Waals surface area contributed by atoms with Crippen LogP contribution in [0.3, 0.4) is 0 Å². The van der Waals surface area contributed by atoms with Crippen LogP contribution in [-0.4, -0.2) is 61.6 Å². The number of piperazine rings is 1. The van der Waals surface area contributed by atoms with Crippen LogP contribution in [0.25, 0.3) is 0 Å². The molecule has 2 unspecified atom stereocenters. The summed E-state index contributed by atoms with van der Waals surface area (Å²) in [6, 6.07) is 13.8. The Balaban J connectivity index is 1.04. The molecule has 6 heteroatoms. The first-order chi connectivity index (χ1) is 15.7. The zero-order valence-corrected chi connectivity index (χ0v) is 19.2. The Hall–Kier alpha value is -2.44. The Bertz CT molecular complexity index is 851. The lowest BCUT2D eigenvalue weighted by molar-refractivity contribution is 0.0736. The lowest BCUT2D eigenvalue weighted by Crippen LogP contribution is -2.52. The molecule has 5 rings (SSSR count). The molecule has 0 bridgehead atoms. The van der Waals surface area contributed by atoms with Gasteiger partial charge in [-0.25, -0.2) is 0 Å². The van der Waals surface area contributed by atoms with Crippen LogP contribution in [-0.2, 0) is 12.8 Å². The topological polar surface area (TPSA) is 43.4 Å². The standard InChI is InChI=1S/C26H34N2O4/c1-19(3-5-21-7-9-23-25(15-21)31-17-29-23)27-11-13-28(14-12-27)20(2)4-6-22-8-10-24-26(16-22)32-18-30-24/h7-10,15-16,19-20H,3-6,11-14,17-18H2,1-2H3. The molecule has 0 aromatic heterocycles. The smallest absolute Gasteiger partial charge is 0.231 e. The second-order valence-electron chi connectivity index (χ2n) is 9.22. The van der Waals surface area contributed by atoms with Gasteiger partial charge in [-0.3, -0.25) is 9.80 Å². The van der Waals surface area contributed by atoms with Crippen molar-refractivity contribution in [2.24, 2.45) is 0 Å². The van der Waals surface area contributed by atoms with E-state index in [-0.39, 0.29) is 0 Å². The van der Waals surface area contributed by atoms with Crippen LogP contribution in [0.5, 0.6) is 23.0 Å². The van der Waals surface area contributed by atoms with Crippen molar-refractivity contribution in [3.63, 3.8) is 0 Å². The number of fused-ring (bicyclic) bond motifs is 2. The van der Waals surface area contributed by atoms with Gasteiger partial charge in [0, 0.05) is 38.3 Å². The van der Waals surface area contributed by atoms with Gasteiger partial charge in [-0.2, -0.15) is 0 Å². The van der Waals surface area contributed by atoms with Crippen LogP contribution in [0.4, 0.5) is 0 Å². The van der Waals surface area contributed by atoms with E-state index >= 15 is 0 Å². The van der Waals surface area contributed by atoms with Crippen LogP contribution >= 0.6 is 0 Å². The summed E-state index contributed by atoms with van der Waals surface area (Å²) >= 11 is 0. The lowest BCUT2D eigenvalue weighted by Gasteiger charge is -2.40. The van der Waals surface area contributed by atoms with Gasteiger partial charge in [0.1, 0.15) is 0 Å². The molecule has 2 aromatic carbocycles. The Labute approximate surface area is 191 Å². The molecule has 3 aliphatic rings. The molecular formula is C26H34N2O4. The maximum absolute atomic E-state index is 5.51. The minimum atomic E-state index is 0.342. The van der Waals surface area contributed by atoms with Gasteiger partial charge in [0.2, 0.25) is 13.6 Å². The number of hydrogen-bond acceptors (Lipinski definition) is 6. The van der Waals surface area contributed by atoms with E-state index in [1.54, 1.807) is 0 Å². The molecule has 32 heavy (non-hydrogen) atoms. The first kappa shape index (κ1) is 21.4. The van der Waals surface area contributed by atoms with Crippen molar-refractivity contribution < 1.29 is 18.9 Å². The fraction of sp³-hybridized carbons (Fsp3) is 0.538. The molecule has 2 atom stereocenters. The summed E-state index contributed by atoms with van der Waals surface area (Å²) in [6.07, 6.45) is 4.48. The van der Waals surface area contributed by atoms with Gasteiger partial charge in [0.05, 0.1) is 0 Å². The van der Waals surface area contributed by atoms with Crippen molar-refractivity contribution in [2.75, 3.05) is 39.8 Å². The highest BCUT2D eigenvalue weighted by molar-refractivity contribution is 5.45. The molecule has 0 N–H and O–H groups in total.